The van der Waals surface area contributed by atoms with E-state index >= 15 is 0 Å². The standard InChI is InChI=1S/C21H17ClN4O3/c1-25(2)20-15(22)6-5-14-19(20)26(11-18(27)28)17-9-12(3-4-13(17)21(14)29)16-10-23-7-8-24-16/h3-10H,11H2,1-2H3,(H,27,28). The van der Waals surface area contributed by atoms with Crippen LogP contribution in [0.2, 0.25) is 5.02 Å². The second-order valence-corrected chi connectivity index (χ2v) is 7.23. The molecule has 0 unspecified atom stereocenters. The average molecular weight is 409 g/mol. The van der Waals surface area contributed by atoms with Crippen molar-refractivity contribution in [2.24, 2.45) is 0 Å². The Bertz CT molecular complexity index is 1320. The fraction of sp³-hybridized carbons (Fsp3) is 0.143. The number of hydrogen-bond donors (Lipinski definition) is 1. The zero-order valence-corrected chi connectivity index (χ0v) is 16.5. The van der Waals surface area contributed by atoms with Crippen molar-refractivity contribution in [3.63, 3.8) is 0 Å². The maximum absolute atomic E-state index is 13.2. The summed E-state index contributed by atoms with van der Waals surface area (Å²) in [6, 6.07) is 8.55. The molecular formula is C21H17ClN4O3. The maximum Gasteiger partial charge on any atom is 0.323 e. The Kier molecular flexibility index (Phi) is 4.68. The summed E-state index contributed by atoms with van der Waals surface area (Å²) in [4.78, 5) is 35.1. The molecule has 0 amide bonds. The third-order valence-electron chi connectivity index (χ3n) is 4.75. The SMILES string of the molecule is CN(C)c1c(Cl)ccc2c(=O)c3ccc(-c4cnccn4)cc3n(CC(=O)O)c12. The van der Waals surface area contributed by atoms with Gasteiger partial charge >= 0.3 is 5.97 Å². The van der Waals surface area contributed by atoms with Gasteiger partial charge in [-0.15, -0.1) is 0 Å². The van der Waals surface area contributed by atoms with Crippen molar-refractivity contribution in [1.29, 1.82) is 0 Å². The van der Waals surface area contributed by atoms with Crippen LogP contribution in [0.5, 0.6) is 0 Å². The van der Waals surface area contributed by atoms with Crippen molar-refractivity contribution in [3.05, 3.63) is 64.2 Å². The van der Waals surface area contributed by atoms with Gasteiger partial charge in [-0.3, -0.25) is 19.6 Å². The van der Waals surface area contributed by atoms with Crippen molar-refractivity contribution < 1.29 is 9.90 Å². The number of aliphatic carboxylic acids is 1. The number of anilines is 1. The summed E-state index contributed by atoms with van der Waals surface area (Å²) in [6.07, 6.45) is 4.77. The molecule has 2 heterocycles. The first kappa shape index (κ1) is 18.9. The van der Waals surface area contributed by atoms with Crippen LogP contribution in [-0.2, 0) is 11.3 Å². The highest BCUT2D eigenvalue weighted by molar-refractivity contribution is 6.35. The largest absolute Gasteiger partial charge is 0.480 e. The van der Waals surface area contributed by atoms with Gasteiger partial charge in [0, 0.05) is 42.8 Å². The van der Waals surface area contributed by atoms with Gasteiger partial charge in [0.1, 0.15) is 6.54 Å². The number of aromatic nitrogens is 3. The summed E-state index contributed by atoms with van der Waals surface area (Å²) in [6.45, 7) is -0.321. The molecule has 8 heteroatoms. The number of rotatable bonds is 4. The zero-order valence-electron chi connectivity index (χ0n) is 15.8. The highest BCUT2D eigenvalue weighted by Crippen LogP contribution is 2.34. The molecule has 4 aromatic rings. The number of fused-ring (bicyclic) bond motifs is 2. The van der Waals surface area contributed by atoms with Gasteiger partial charge in [-0.2, -0.15) is 0 Å². The van der Waals surface area contributed by atoms with Crippen LogP contribution < -0.4 is 10.3 Å². The molecule has 0 aliphatic carbocycles. The molecule has 1 N–H and O–H groups in total. The van der Waals surface area contributed by atoms with Gasteiger partial charge in [0.05, 0.1) is 33.6 Å². The fourth-order valence-corrected chi connectivity index (χ4v) is 3.88. The molecule has 0 atom stereocenters. The number of carboxylic acid groups (broad SMARTS) is 1. The highest BCUT2D eigenvalue weighted by Gasteiger charge is 2.19. The lowest BCUT2D eigenvalue weighted by Crippen LogP contribution is -2.19. The van der Waals surface area contributed by atoms with Gasteiger partial charge in [-0.1, -0.05) is 17.7 Å². The molecule has 7 nitrogen and oxygen atoms in total. The lowest BCUT2D eigenvalue weighted by Gasteiger charge is -2.22. The Labute approximate surface area is 170 Å². The second kappa shape index (κ2) is 7.18. The average Bonchev–Trinajstić information content (AvgIpc) is 2.70. The van der Waals surface area contributed by atoms with E-state index in [9.17, 15) is 14.7 Å². The van der Waals surface area contributed by atoms with E-state index in [4.69, 9.17) is 11.6 Å². The summed E-state index contributed by atoms with van der Waals surface area (Å²) >= 11 is 6.41. The number of carbonyl (C=O) groups is 1. The molecule has 0 fully saturated rings. The first-order valence-electron chi connectivity index (χ1n) is 8.82. The van der Waals surface area contributed by atoms with Gasteiger partial charge in [-0.05, 0) is 24.3 Å². The molecule has 29 heavy (non-hydrogen) atoms. The van der Waals surface area contributed by atoms with Crippen LogP contribution in [0, 0.1) is 0 Å². The monoisotopic (exact) mass is 408 g/mol. The Morgan fingerprint density at radius 1 is 1.17 bits per heavy atom. The normalized spacial score (nSPS) is 11.1. The molecule has 2 aromatic carbocycles. The molecule has 0 saturated heterocycles. The molecule has 0 radical (unpaired) electrons. The number of benzene rings is 2. The van der Waals surface area contributed by atoms with E-state index in [1.807, 2.05) is 0 Å². The molecule has 146 valence electrons. The summed E-state index contributed by atoms with van der Waals surface area (Å²) < 4.78 is 1.62. The minimum Gasteiger partial charge on any atom is -0.480 e. The summed E-state index contributed by atoms with van der Waals surface area (Å²) in [5, 5.41) is 10.9. The predicted molar refractivity (Wildman–Crippen MR) is 114 cm³/mol. The first-order valence-corrected chi connectivity index (χ1v) is 9.20. The molecule has 4 rings (SSSR count). The van der Waals surface area contributed by atoms with Crippen molar-refractivity contribution in [3.8, 4) is 11.3 Å². The fourth-order valence-electron chi connectivity index (χ4n) is 3.56. The van der Waals surface area contributed by atoms with Crippen molar-refractivity contribution in [2.45, 2.75) is 6.54 Å². The number of nitrogens with zero attached hydrogens (tertiary/aromatic N) is 4. The van der Waals surface area contributed by atoms with Crippen LogP contribution in [-0.4, -0.2) is 39.7 Å². The second-order valence-electron chi connectivity index (χ2n) is 6.82. The quantitative estimate of drug-likeness (QED) is 0.520. The first-order chi connectivity index (χ1) is 13.9. The summed E-state index contributed by atoms with van der Waals surface area (Å²) in [5.41, 5.74) is 2.76. The number of hydrogen-bond acceptors (Lipinski definition) is 5. The van der Waals surface area contributed by atoms with E-state index in [0.717, 1.165) is 5.56 Å². The van der Waals surface area contributed by atoms with Crippen LogP contribution in [0.3, 0.4) is 0 Å². The third kappa shape index (κ3) is 3.19. The number of halogens is 1. The molecular weight excluding hydrogens is 392 g/mol. The van der Waals surface area contributed by atoms with E-state index in [0.29, 0.717) is 38.2 Å². The summed E-state index contributed by atoms with van der Waals surface area (Å²) in [7, 11) is 3.60. The van der Waals surface area contributed by atoms with Gasteiger partial charge in [0.2, 0.25) is 0 Å². The highest BCUT2D eigenvalue weighted by atomic mass is 35.5. The Morgan fingerprint density at radius 2 is 1.93 bits per heavy atom. The lowest BCUT2D eigenvalue weighted by atomic mass is 10.0. The Balaban J connectivity index is 2.20. The van der Waals surface area contributed by atoms with Crippen LogP contribution >= 0.6 is 11.6 Å². The van der Waals surface area contributed by atoms with Gasteiger partial charge in [0.25, 0.3) is 0 Å². The van der Waals surface area contributed by atoms with Gasteiger partial charge in [0.15, 0.2) is 5.43 Å². The van der Waals surface area contributed by atoms with E-state index in [-0.39, 0.29) is 12.0 Å². The van der Waals surface area contributed by atoms with Crippen LogP contribution in [0.1, 0.15) is 0 Å². The lowest BCUT2D eigenvalue weighted by molar-refractivity contribution is -0.137. The molecule has 2 aromatic heterocycles. The Hall–Kier alpha value is -3.45. The Morgan fingerprint density at radius 3 is 2.59 bits per heavy atom. The van der Waals surface area contributed by atoms with Gasteiger partial charge < -0.3 is 14.6 Å². The zero-order chi connectivity index (χ0) is 20.7. The number of pyridine rings is 1. The van der Waals surface area contributed by atoms with E-state index < -0.39 is 5.97 Å². The molecule has 0 saturated carbocycles. The van der Waals surface area contributed by atoms with Crippen molar-refractivity contribution >= 4 is 45.1 Å². The van der Waals surface area contributed by atoms with Crippen LogP contribution in [0.15, 0.2) is 53.7 Å². The van der Waals surface area contributed by atoms with Crippen LogP contribution in [0.25, 0.3) is 33.1 Å². The third-order valence-corrected chi connectivity index (χ3v) is 5.05. The molecule has 0 bridgehead atoms. The maximum atomic E-state index is 13.2. The summed E-state index contributed by atoms with van der Waals surface area (Å²) in [5.74, 6) is -1.02. The van der Waals surface area contributed by atoms with Gasteiger partial charge in [-0.25, -0.2) is 0 Å². The predicted octanol–water partition coefficient (Wildman–Crippen LogP) is 3.42. The molecule has 0 aliphatic heterocycles. The van der Waals surface area contributed by atoms with E-state index in [1.165, 1.54) is 0 Å². The number of carboxylic acids is 1. The molecule has 0 spiro atoms. The van der Waals surface area contributed by atoms with Crippen molar-refractivity contribution in [1.82, 2.24) is 14.5 Å². The van der Waals surface area contributed by atoms with E-state index in [2.05, 4.69) is 9.97 Å². The minimum atomic E-state index is -1.02. The van der Waals surface area contributed by atoms with E-state index in [1.54, 1.807) is 72.5 Å². The minimum absolute atomic E-state index is 0.179. The van der Waals surface area contributed by atoms with Crippen molar-refractivity contribution in [2.75, 3.05) is 19.0 Å². The van der Waals surface area contributed by atoms with Crippen LogP contribution in [0.4, 0.5) is 5.69 Å². The smallest absolute Gasteiger partial charge is 0.323 e. The topological polar surface area (TPSA) is 88.3 Å². The molecule has 0 aliphatic rings.